The number of amides is 7. The third-order valence-electron chi connectivity index (χ3n) is 10.3. The molecule has 66 heavy (non-hydrogen) atoms. The fourth-order valence-corrected chi connectivity index (χ4v) is 6.10. The van der Waals surface area contributed by atoms with Crippen molar-refractivity contribution in [2.75, 3.05) is 26.2 Å². The zero-order valence-corrected chi connectivity index (χ0v) is 37.8. The fraction of sp³-hybridized carbons (Fsp3) is 0.585. The molecule has 0 spiro atoms. The van der Waals surface area contributed by atoms with Crippen LogP contribution in [0, 0.1) is 11.8 Å². The predicted molar refractivity (Wildman–Crippen MR) is 242 cm³/mol. The van der Waals surface area contributed by atoms with Gasteiger partial charge in [-0.05, 0) is 49.5 Å². The Hall–Kier alpha value is -7.05. The van der Waals surface area contributed by atoms with Gasteiger partial charge >= 0.3 is 11.9 Å². The van der Waals surface area contributed by atoms with Gasteiger partial charge in [0.25, 0.3) is 0 Å². The highest BCUT2D eigenvalue weighted by molar-refractivity contribution is 5.98. The maximum atomic E-state index is 13.9. The molecule has 0 saturated carbocycles. The van der Waals surface area contributed by atoms with Crippen molar-refractivity contribution < 1.29 is 53.4 Å². The normalized spacial score (nSPS) is 14.4. The van der Waals surface area contributed by atoms with E-state index in [-0.39, 0.29) is 63.5 Å². The van der Waals surface area contributed by atoms with Crippen molar-refractivity contribution in [1.29, 1.82) is 0 Å². The lowest BCUT2D eigenvalue weighted by Crippen LogP contribution is -2.60. The van der Waals surface area contributed by atoms with E-state index in [0.29, 0.717) is 6.42 Å². The zero-order valence-electron chi connectivity index (χ0n) is 37.8. The van der Waals surface area contributed by atoms with Crippen molar-refractivity contribution in [2.24, 2.45) is 50.5 Å². The van der Waals surface area contributed by atoms with Gasteiger partial charge < -0.3 is 76.1 Å². The average Bonchev–Trinajstić information content (AvgIpc) is 3.26. The molecule has 1 aromatic rings. The summed E-state index contributed by atoms with van der Waals surface area (Å²) >= 11 is 0. The van der Waals surface area contributed by atoms with Crippen LogP contribution in [0.25, 0.3) is 0 Å². The Morgan fingerprint density at radius 3 is 1.56 bits per heavy atom. The van der Waals surface area contributed by atoms with Gasteiger partial charge in [0.15, 0.2) is 11.9 Å². The first-order valence-corrected chi connectivity index (χ1v) is 21.5. The quantitative estimate of drug-likeness (QED) is 0.0192. The first-order valence-electron chi connectivity index (χ1n) is 21.5. The molecule has 0 aliphatic carbocycles. The van der Waals surface area contributed by atoms with Gasteiger partial charge in [0.05, 0.1) is 25.6 Å². The Morgan fingerprint density at radius 1 is 0.591 bits per heavy atom. The second-order valence-corrected chi connectivity index (χ2v) is 15.6. The maximum Gasteiger partial charge on any atom is 0.326 e. The van der Waals surface area contributed by atoms with E-state index in [1.54, 1.807) is 52.0 Å². The van der Waals surface area contributed by atoms with E-state index in [0.717, 1.165) is 5.56 Å². The van der Waals surface area contributed by atoms with Crippen LogP contribution in [0.3, 0.4) is 0 Å². The zero-order chi connectivity index (χ0) is 49.9. The van der Waals surface area contributed by atoms with Crippen molar-refractivity contribution in [3.05, 3.63) is 35.9 Å². The summed E-state index contributed by atoms with van der Waals surface area (Å²) in [6.45, 7) is 5.58. The summed E-state index contributed by atoms with van der Waals surface area (Å²) in [5.41, 5.74) is 28.4. The predicted octanol–water partition coefficient (Wildman–Crippen LogP) is -4.03. The molecule has 0 aliphatic rings. The number of aliphatic imine (C=N–C) groups is 2. The molecule has 0 heterocycles. The number of rotatable bonds is 31. The molecule has 0 bridgehead atoms. The van der Waals surface area contributed by atoms with Crippen molar-refractivity contribution >= 4 is 65.2 Å². The van der Waals surface area contributed by atoms with Gasteiger partial charge in [-0.3, -0.25) is 48.3 Å². The Labute approximate surface area is 383 Å². The fourth-order valence-electron chi connectivity index (χ4n) is 6.10. The summed E-state index contributed by atoms with van der Waals surface area (Å²) in [5, 5.41) is 36.4. The number of guanidine groups is 2. The second kappa shape index (κ2) is 30.2. The maximum absolute atomic E-state index is 13.9. The van der Waals surface area contributed by atoms with Gasteiger partial charge in [0.2, 0.25) is 41.4 Å². The standard InChI is InChI=1S/C41H68N14O11/c1-5-22(3)32(38(64)53-28(19-31(58)59)37(63)52-27(15-11-17-48-41(45)46)36(62)55-33(39(65)66)23(4)6-2)54-35(61)26(14-10-16-47-40(43)44)51-30(57)21-49-29(56)20-50-34(60)25(42)18-24-12-8-7-9-13-24/h7-9,12-13,22-23,25-28,32-33H,5-6,10-11,14-21,42H2,1-4H3,(H,49,56)(H,50,60)(H,51,57)(H,52,63)(H,53,64)(H,54,61)(H,55,62)(H,58,59)(H,65,66)(H4,43,44,47)(H4,45,46,48)/t22-,23-,25-,26-,27-,28-,32-,33-/m0/s1. The van der Waals surface area contributed by atoms with Crippen LogP contribution in [0.15, 0.2) is 40.3 Å². The SMILES string of the molecule is CC[C@H](C)[C@H](NC(=O)[C@H](CCCN=C(N)N)NC(=O)[C@H](CC(=O)O)NC(=O)[C@@H](NC(=O)[C@H](CCCN=C(N)N)NC(=O)CNC(=O)CNC(=O)[C@@H](N)Cc1ccccc1)[C@@H](C)CC)C(=O)O. The monoisotopic (exact) mass is 933 g/mol. The molecule has 0 aliphatic heterocycles. The second-order valence-electron chi connectivity index (χ2n) is 15.6. The summed E-state index contributed by atoms with van der Waals surface area (Å²) in [6, 6.07) is 0.743. The lowest BCUT2D eigenvalue weighted by atomic mass is 9.96. The topological polar surface area (TPSA) is 433 Å². The molecule has 25 heteroatoms. The van der Waals surface area contributed by atoms with Gasteiger partial charge in [0.1, 0.15) is 30.2 Å². The van der Waals surface area contributed by atoms with Crippen molar-refractivity contribution in [3.63, 3.8) is 0 Å². The summed E-state index contributed by atoms with van der Waals surface area (Å²) in [5.74, 6) is -10.5. The number of carboxylic acids is 2. The molecule has 0 saturated heterocycles. The molecule has 8 atom stereocenters. The Morgan fingerprint density at radius 2 is 1.06 bits per heavy atom. The number of carbonyl (C=O) groups is 9. The minimum absolute atomic E-state index is 0.0246. The van der Waals surface area contributed by atoms with Crippen LogP contribution in [0.4, 0.5) is 0 Å². The number of carboxylic acid groups (broad SMARTS) is 2. The van der Waals surface area contributed by atoms with Crippen molar-refractivity contribution in [2.45, 2.75) is 115 Å². The third kappa shape index (κ3) is 22.5. The van der Waals surface area contributed by atoms with Crippen molar-refractivity contribution in [3.8, 4) is 0 Å². The first-order chi connectivity index (χ1) is 31.1. The van der Waals surface area contributed by atoms with E-state index in [1.165, 1.54) is 0 Å². The van der Waals surface area contributed by atoms with Crippen LogP contribution in [-0.4, -0.2) is 138 Å². The van der Waals surface area contributed by atoms with E-state index in [4.69, 9.17) is 28.7 Å². The molecule has 0 aromatic heterocycles. The molecule has 0 unspecified atom stereocenters. The number of nitrogens with zero attached hydrogens (tertiary/aromatic N) is 2. The highest BCUT2D eigenvalue weighted by atomic mass is 16.4. The summed E-state index contributed by atoms with van der Waals surface area (Å²) < 4.78 is 0. The van der Waals surface area contributed by atoms with E-state index in [2.05, 4.69) is 47.2 Å². The van der Waals surface area contributed by atoms with Gasteiger partial charge in [-0.2, -0.15) is 0 Å². The molecular weight excluding hydrogens is 865 g/mol. The summed E-state index contributed by atoms with van der Waals surface area (Å²) in [7, 11) is 0. The lowest BCUT2D eigenvalue weighted by molar-refractivity contribution is -0.144. The number of carbonyl (C=O) groups excluding carboxylic acids is 7. The molecule has 1 aromatic carbocycles. The van der Waals surface area contributed by atoms with Crippen LogP contribution >= 0.6 is 0 Å². The molecule has 7 amide bonds. The van der Waals surface area contributed by atoms with Crippen LogP contribution in [0.1, 0.15) is 78.2 Å². The van der Waals surface area contributed by atoms with E-state index in [9.17, 15) is 53.4 Å². The first kappa shape index (κ1) is 57.0. The van der Waals surface area contributed by atoms with Gasteiger partial charge in [-0.15, -0.1) is 0 Å². The van der Waals surface area contributed by atoms with Gasteiger partial charge in [-0.25, -0.2) is 4.79 Å². The highest BCUT2D eigenvalue weighted by Crippen LogP contribution is 2.13. The highest BCUT2D eigenvalue weighted by Gasteiger charge is 2.35. The average molecular weight is 933 g/mol. The summed E-state index contributed by atoms with van der Waals surface area (Å²) in [6.07, 6.45) is 0.0151. The Bertz CT molecular complexity index is 1860. The number of hydrogen-bond donors (Lipinski definition) is 14. The third-order valence-corrected chi connectivity index (χ3v) is 10.3. The number of nitrogens with two attached hydrogens (primary N) is 5. The minimum atomic E-state index is -1.81. The molecular formula is C41H68N14O11. The van der Waals surface area contributed by atoms with E-state index >= 15 is 0 Å². The molecule has 25 nitrogen and oxygen atoms in total. The lowest BCUT2D eigenvalue weighted by Gasteiger charge is -2.29. The van der Waals surface area contributed by atoms with Crippen LogP contribution in [0.2, 0.25) is 0 Å². The molecule has 368 valence electrons. The minimum Gasteiger partial charge on any atom is -0.481 e. The Kier molecular flexibility index (Phi) is 26.0. The van der Waals surface area contributed by atoms with E-state index in [1.807, 2.05) is 6.07 Å². The van der Waals surface area contributed by atoms with Crippen LogP contribution < -0.4 is 65.9 Å². The largest absolute Gasteiger partial charge is 0.481 e. The van der Waals surface area contributed by atoms with Gasteiger partial charge in [-0.1, -0.05) is 70.9 Å². The Balaban J connectivity index is 3.21. The van der Waals surface area contributed by atoms with E-state index < -0.39 is 121 Å². The molecule has 1 rings (SSSR count). The number of hydrogen-bond acceptors (Lipinski definition) is 12. The molecule has 19 N–H and O–H groups in total. The van der Waals surface area contributed by atoms with Crippen LogP contribution in [-0.2, 0) is 49.6 Å². The van der Waals surface area contributed by atoms with Gasteiger partial charge in [0, 0.05) is 13.1 Å². The van der Waals surface area contributed by atoms with Crippen LogP contribution in [0.5, 0.6) is 0 Å². The number of aliphatic carboxylic acids is 2. The number of benzene rings is 1. The summed E-state index contributed by atoms with van der Waals surface area (Å²) in [4.78, 5) is 124. The number of nitrogens with one attached hydrogen (secondary N) is 7. The van der Waals surface area contributed by atoms with Crippen molar-refractivity contribution in [1.82, 2.24) is 37.2 Å². The smallest absolute Gasteiger partial charge is 0.326 e. The molecule has 0 radical (unpaired) electrons. The molecule has 0 fully saturated rings.